The SMILES string of the molecule is O=P(O)(O)c1cc(F)c(-c2ccccc2)c(-c2ccccc2)c1O. The van der Waals surface area contributed by atoms with Gasteiger partial charge in [0.2, 0.25) is 0 Å². The molecule has 0 radical (unpaired) electrons. The average Bonchev–Trinajstić information content (AvgIpc) is 2.57. The summed E-state index contributed by atoms with van der Waals surface area (Å²) in [6, 6.07) is 17.7. The fourth-order valence-corrected chi connectivity index (χ4v) is 3.29. The molecule has 3 aromatic rings. The van der Waals surface area contributed by atoms with E-state index in [4.69, 9.17) is 0 Å². The summed E-state index contributed by atoms with van der Waals surface area (Å²) in [4.78, 5) is 18.8. The fourth-order valence-electron chi connectivity index (χ4n) is 2.62. The first-order valence-corrected chi connectivity index (χ1v) is 8.73. The molecule has 0 saturated carbocycles. The molecule has 0 aliphatic heterocycles. The summed E-state index contributed by atoms with van der Waals surface area (Å²) < 4.78 is 26.3. The third-order valence-electron chi connectivity index (χ3n) is 3.67. The topological polar surface area (TPSA) is 77.8 Å². The van der Waals surface area contributed by atoms with E-state index in [1.807, 2.05) is 0 Å². The molecule has 0 aromatic heterocycles. The van der Waals surface area contributed by atoms with Crippen LogP contribution in [-0.4, -0.2) is 14.9 Å². The third-order valence-corrected chi connectivity index (χ3v) is 4.64. The molecule has 4 nitrogen and oxygen atoms in total. The molecule has 0 atom stereocenters. The number of aromatic hydroxyl groups is 1. The van der Waals surface area contributed by atoms with Crippen molar-refractivity contribution in [1.29, 1.82) is 0 Å². The summed E-state index contributed by atoms with van der Waals surface area (Å²) >= 11 is 0. The van der Waals surface area contributed by atoms with Crippen molar-refractivity contribution in [3.8, 4) is 28.0 Å². The number of phenolic OH excluding ortho intramolecular Hbond substituents is 1. The Bertz CT molecular complexity index is 921. The molecule has 0 amide bonds. The Morgan fingerprint density at radius 1 is 0.792 bits per heavy atom. The van der Waals surface area contributed by atoms with Gasteiger partial charge >= 0.3 is 7.60 Å². The monoisotopic (exact) mass is 344 g/mol. The van der Waals surface area contributed by atoms with Gasteiger partial charge in [0.25, 0.3) is 0 Å². The van der Waals surface area contributed by atoms with E-state index >= 15 is 0 Å². The molecule has 3 N–H and O–H groups in total. The smallest absolute Gasteiger partial charge is 0.360 e. The standard InChI is InChI=1S/C18H14FO4P/c19-14-11-15(24(21,22)23)18(20)17(13-9-5-2-6-10-13)16(14)12-7-3-1-4-8-12/h1-11,20H,(H2,21,22,23). The van der Waals surface area contributed by atoms with Gasteiger partial charge in [0, 0.05) is 11.1 Å². The van der Waals surface area contributed by atoms with Crippen molar-refractivity contribution in [2.45, 2.75) is 0 Å². The fraction of sp³-hybridized carbons (Fsp3) is 0. The van der Waals surface area contributed by atoms with Gasteiger partial charge in [-0.05, 0) is 17.2 Å². The molecular weight excluding hydrogens is 330 g/mol. The molecule has 0 saturated heterocycles. The van der Waals surface area contributed by atoms with Gasteiger partial charge in [-0.15, -0.1) is 0 Å². The molecule has 6 heteroatoms. The van der Waals surface area contributed by atoms with Crippen LogP contribution in [0.4, 0.5) is 4.39 Å². The first kappa shape index (κ1) is 16.4. The van der Waals surface area contributed by atoms with Crippen LogP contribution in [0.25, 0.3) is 22.3 Å². The Morgan fingerprint density at radius 3 is 1.71 bits per heavy atom. The van der Waals surface area contributed by atoms with Crippen molar-refractivity contribution in [1.82, 2.24) is 0 Å². The summed E-state index contributed by atoms with van der Waals surface area (Å²) in [5.74, 6) is -1.43. The van der Waals surface area contributed by atoms with E-state index in [-0.39, 0.29) is 11.1 Å². The Morgan fingerprint density at radius 2 is 1.25 bits per heavy atom. The predicted octanol–water partition coefficient (Wildman–Crippen LogP) is 3.67. The van der Waals surface area contributed by atoms with E-state index in [0.717, 1.165) is 0 Å². The van der Waals surface area contributed by atoms with Crippen molar-refractivity contribution in [3.63, 3.8) is 0 Å². The maximum absolute atomic E-state index is 14.7. The molecule has 0 spiro atoms. The van der Waals surface area contributed by atoms with Gasteiger partial charge in [0.15, 0.2) is 0 Å². The maximum atomic E-state index is 14.7. The molecule has 0 heterocycles. The minimum atomic E-state index is -4.83. The molecule has 0 fully saturated rings. The van der Waals surface area contributed by atoms with Gasteiger partial charge in [-0.3, -0.25) is 4.57 Å². The number of rotatable bonds is 3. The van der Waals surface area contributed by atoms with Crippen LogP contribution in [0.1, 0.15) is 0 Å². The number of halogens is 1. The van der Waals surface area contributed by atoms with Crippen LogP contribution in [0.5, 0.6) is 5.75 Å². The molecule has 24 heavy (non-hydrogen) atoms. The van der Waals surface area contributed by atoms with E-state index in [1.165, 1.54) is 0 Å². The van der Waals surface area contributed by atoms with Crippen molar-refractivity contribution < 1.29 is 23.8 Å². The van der Waals surface area contributed by atoms with Gasteiger partial charge < -0.3 is 14.9 Å². The molecule has 3 rings (SSSR count). The number of hydrogen-bond acceptors (Lipinski definition) is 2. The van der Waals surface area contributed by atoms with Crippen molar-refractivity contribution in [2.75, 3.05) is 0 Å². The highest BCUT2D eigenvalue weighted by atomic mass is 31.2. The summed E-state index contributed by atoms with van der Waals surface area (Å²) in [7, 11) is -4.83. The lowest BCUT2D eigenvalue weighted by Gasteiger charge is -2.17. The highest BCUT2D eigenvalue weighted by Crippen LogP contribution is 2.46. The summed E-state index contributed by atoms with van der Waals surface area (Å²) in [6.45, 7) is 0. The van der Waals surface area contributed by atoms with Crippen LogP contribution in [0.3, 0.4) is 0 Å². The largest absolute Gasteiger partial charge is 0.506 e. The summed E-state index contributed by atoms with van der Waals surface area (Å²) in [6.07, 6.45) is 0. The number of phenols is 1. The van der Waals surface area contributed by atoms with E-state index in [1.54, 1.807) is 60.7 Å². The Labute approximate surface area is 138 Å². The second-order valence-corrected chi connectivity index (χ2v) is 6.82. The molecule has 0 bridgehead atoms. The molecule has 3 aromatic carbocycles. The van der Waals surface area contributed by atoms with Crippen LogP contribution in [0.2, 0.25) is 0 Å². The van der Waals surface area contributed by atoms with Gasteiger partial charge in [-0.1, -0.05) is 60.7 Å². The normalized spacial score (nSPS) is 11.5. The van der Waals surface area contributed by atoms with Gasteiger partial charge in [0.05, 0.1) is 0 Å². The van der Waals surface area contributed by atoms with E-state index in [9.17, 15) is 23.8 Å². The van der Waals surface area contributed by atoms with E-state index in [2.05, 4.69) is 0 Å². The highest BCUT2D eigenvalue weighted by Gasteiger charge is 2.29. The minimum absolute atomic E-state index is 0.0557. The molecular formula is C18H14FO4P. The van der Waals surface area contributed by atoms with Crippen molar-refractivity contribution in [2.24, 2.45) is 0 Å². The Hall–Kier alpha value is -2.46. The second-order valence-electron chi connectivity index (χ2n) is 5.25. The lowest BCUT2D eigenvalue weighted by atomic mass is 9.93. The van der Waals surface area contributed by atoms with Crippen LogP contribution >= 0.6 is 7.60 Å². The minimum Gasteiger partial charge on any atom is -0.506 e. The van der Waals surface area contributed by atoms with Gasteiger partial charge in [0.1, 0.15) is 16.9 Å². The van der Waals surface area contributed by atoms with Crippen LogP contribution < -0.4 is 5.30 Å². The van der Waals surface area contributed by atoms with Gasteiger partial charge in [-0.25, -0.2) is 4.39 Å². The Balaban J connectivity index is 2.42. The molecule has 0 aliphatic rings. The summed E-state index contributed by atoms with van der Waals surface area (Å²) in [5.41, 5.74) is 1.11. The second kappa shape index (κ2) is 6.21. The van der Waals surface area contributed by atoms with E-state index in [0.29, 0.717) is 17.2 Å². The molecule has 0 aliphatic carbocycles. The summed E-state index contributed by atoms with van der Waals surface area (Å²) in [5, 5.41) is 9.76. The quantitative estimate of drug-likeness (QED) is 0.634. The van der Waals surface area contributed by atoms with Crippen molar-refractivity contribution in [3.05, 3.63) is 72.5 Å². The number of hydrogen-bond donors (Lipinski definition) is 3. The van der Waals surface area contributed by atoms with Crippen LogP contribution in [0.15, 0.2) is 66.7 Å². The maximum Gasteiger partial charge on any atom is 0.360 e. The molecule has 122 valence electrons. The zero-order valence-corrected chi connectivity index (χ0v) is 13.3. The van der Waals surface area contributed by atoms with Crippen molar-refractivity contribution >= 4 is 12.9 Å². The first-order chi connectivity index (χ1) is 11.4. The van der Waals surface area contributed by atoms with Crippen LogP contribution in [-0.2, 0) is 4.57 Å². The first-order valence-electron chi connectivity index (χ1n) is 7.12. The number of benzene rings is 3. The zero-order chi connectivity index (χ0) is 17.3. The van der Waals surface area contributed by atoms with Crippen LogP contribution in [0, 0.1) is 5.82 Å². The lowest BCUT2D eigenvalue weighted by molar-refractivity contribution is 0.384. The predicted molar refractivity (Wildman–Crippen MR) is 90.6 cm³/mol. The van der Waals surface area contributed by atoms with Gasteiger partial charge in [-0.2, -0.15) is 0 Å². The Kier molecular flexibility index (Phi) is 4.24. The van der Waals surface area contributed by atoms with E-state index < -0.39 is 24.5 Å². The molecule has 0 unspecified atom stereocenters. The zero-order valence-electron chi connectivity index (χ0n) is 12.4. The highest BCUT2D eigenvalue weighted by molar-refractivity contribution is 7.60. The average molecular weight is 344 g/mol. The lowest BCUT2D eigenvalue weighted by Crippen LogP contribution is -2.09. The third kappa shape index (κ3) is 2.97.